The third kappa shape index (κ3) is 2.97. The molecule has 0 amide bonds. The Kier molecular flexibility index (Phi) is 3.82. The number of pyridine rings is 1. The predicted octanol–water partition coefficient (Wildman–Crippen LogP) is 1.64. The molecule has 1 aromatic heterocycles. The molecule has 1 fully saturated rings. The number of nitrogens with two attached hydrogens (primary N) is 1. The Bertz CT molecular complexity index is 454. The molecule has 1 aliphatic rings. The summed E-state index contributed by atoms with van der Waals surface area (Å²) >= 11 is 5.04. The normalized spacial score (nSPS) is 24.1. The van der Waals surface area contributed by atoms with E-state index in [1.165, 1.54) is 0 Å². The highest BCUT2D eigenvalue weighted by Gasteiger charge is 2.23. The second kappa shape index (κ2) is 5.20. The number of hydrogen-bond acceptors (Lipinski definition) is 4. The average Bonchev–Trinajstić information content (AvgIpc) is 2.26. The van der Waals surface area contributed by atoms with Crippen LogP contribution in [0.4, 0.5) is 5.82 Å². The lowest BCUT2D eigenvalue weighted by Crippen LogP contribution is -2.46. The van der Waals surface area contributed by atoms with Gasteiger partial charge in [0.25, 0.3) is 0 Å². The van der Waals surface area contributed by atoms with Crippen molar-refractivity contribution >= 4 is 23.0 Å². The summed E-state index contributed by atoms with van der Waals surface area (Å²) in [4.78, 5) is 7.21. The molecular formula is C13H19N3OS. The van der Waals surface area contributed by atoms with Crippen molar-refractivity contribution in [3.05, 3.63) is 23.4 Å². The molecule has 2 heterocycles. The lowest BCUT2D eigenvalue weighted by Gasteiger charge is -2.36. The van der Waals surface area contributed by atoms with Crippen LogP contribution in [0, 0.1) is 6.92 Å². The van der Waals surface area contributed by atoms with E-state index in [-0.39, 0.29) is 12.2 Å². The van der Waals surface area contributed by atoms with Gasteiger partial charge in [0.1, 0.15) is 10.8 Å². The predicted molar refractivity (Wildman–Crippen MR) is 77.1 cm³/mol. The van der Waals surface area contributed by atoms with Crippen LogP contribution >= 0.6 is 12.2 Å². The van der Waals surface area contributed by atoms with Gasteiger partial charge in [-0.1, -0.05) is 12.2 Å². The zero-order valence-corrected chi connectivity index (χ0v) is 11.8. The van der Waals surface area contributed by atoms with Crippen LogP contribution in [-0.4, -0.2) is 35.3 Å². The van der Waals surface area contributed by atoms with Gasteiger partial charge < -0.3 is 15.4 Å². The molecule has 0 bridgehead atoms. The van der Waals surface area contributed by atoms with Crippen molar-refractivity contribution in [1.29, 1.82) is 0 Å². The van der Waals surface area contributed by atoms with Gasteiger partial charge in [-0.3, -0.25) is 0 Å². The molecule has 2 atom stereocenters. The first-order chi connectivity index (χ1) is 8.45. The second-order valence-corrected chi connectivity index (χ2v) is 5.32. The highest BCUT2D eigenvalue weighted by Crippen LogP contribution is 2.20. The third-order valence-electron chi connectivity index (χ3n) is 2.97. The van der Waals surface area contributed by atoms with Gasteiger partial charge in [0, 0.05) is 24.3 Å². The Morgan fingerprint density at radius 1 is 1.39 bits per heavy atom. The smallest absolute Gasteiger partial charge is 0.129 e. The molecule has 2 N–H and O–H groups in total. The summed E-state index contributed by atoms with van der Waals surface area (Å²) < 4.78 is 5.73. The standard InChI is InChI=1S/C13H19N3OS/c1-8-4-11(13(14)18)5-12(15-8)16-6-9(2)17-10(3)7-16/h4-5,9-10H,6-7H2,1-3H3,(H2,14,18)/t9-,10+. The molecule has 98 valence electrons. The van der Waals surface area contributed by atoms with E-state index in [0.717, 1.165) is 30.2 Å². The summed E-state index contributed by atoms with van der Waals surface area (Å²) in [5.41, 5.74) is 7.50. The molecule has 0 aromatic carbocycles. The Morgan fingerprint density at radius 2 is 2.00 bits per heavy atom. The first-order valence-corrected chi connectivity index (χ1v) is 6.55. The lowest BCUT2D eigenvalue weighted by atomic mass is 10.2. The van der Waals surface area contributed by atoms with Crippen molar-refractivity contribution in [2.75, 3.05) is 18.0 Å². The Balaban J connectivity index is 2.29. The van der Waals surface area contributed by atoms with E-state index in [1.807, 2.05) is 19.1 Å². The van der Waals surface area contributed by atoms with Gasteiger partial charge in [-0.15, -0.1) is 0 Å². The maximum atomic E-state index is 5.73. The number of anilines is 1. The average molecular weight is 265 g/mol. The van der Waals surface area contributed by atoms with E-state index in [1.54, 1.807) is 0 Å². The molecule has 0 aliphatic carbocycles. The molecular weight excluding hydrogens is 246 g/mol. The van der Waals surface area contributed by atoms with Gasteiger partial charge >= 0.3 is 0 Å². The van der Waals surface area contributed by atoms with Crippen LogP contribution in [-0.2, 0) is 4.74 Å². The van der Waals surface area contributed by atoms with Gasteiger partial charge in [-0.2, -0.15) is 0 Å². The molecule has 18 heavy (non-hydrogen) atoms. The van der Waals surface area contributed by atoms with Crippen molar-refractivity contribution in [2.45, 2.75) is 33.0 Å². The number of nitrogens with zero attached hydrogens (tertiary/aromatic N) is 2. The number of ether oxygens (including phenoxy) is 1. The van der Waals surface area contributed by atoms with Crippen LogP contribution in [0.25, 0.3) is 0 Å². The van der Waals surface area contributed by atoms with Gasteiger partial charge in [0.15, 0.2) is 0 Å². The second-order valence-electron chi connectivity index (χ2n) is 4.88. The molecule has 4 nitrogen and oxygen atoms in total. The molecule has 1 aromatic rings. The zero-order chi connectivity index (χ0) is 13.3. The Morgan fingerprint density at radius 3 is 2.56 bits per heavy atom. The van der Waals surface area contributed by atoms with E-state index in [4.69, 9.17) is 22.7 Å². The molecule has 2 rings (SSSR count). The van der Waals surface area contributed by atoms with Crippen molar-refractivity contribution in [1.82, 2.24) is 4.98 Å². The zero-order valence-electron chi connectivity index (χ0n) is 11.0. The molecule has 0 radical (unpaired) electrons. The first-order valence-electron chi connectivity index (χ1n) is 6.14. The Labute approximate surface area is 113 Å². The fourth-order valence-corrected chi connectivity index (χ4v) is 2.44. The minimum Gasteiger partial charge on any atom is -0.389 e. The van der Waals surface area contributed by atoms with Crippen LogP contribution in [0.5, 0.6) is 0 Å². The monoisotopic (exact) mass is 265 g/mol. The van der Waals surface area contributed by atoms with Crippen LogP contribution in [0.1, 0.15) is 25.1 Å². The molecule has 0 unspecified atom stereocenters. The minimum absolute atomic E-state index is 0.212. The van der Waals surface area contributed by atoms with E-state index < -0.39 is 0 Å². The van der Waals surface area contributed by atoms with E-state index >= 15 is 0 Å². The Hall–Kier alpha value is -1.20. The minimum atomic E-state index is 0.212. The quantitative estimate of drug-likeness (QED) is 0.824. The molecule has 1 aliphatic heterocycles. The van der Waals surface area contributed by atoms with Gasteiger partial charge in [0.2, 0.25) is 0 Å². The molecule has 5 heteroatoms. The summed E-state index contributed by atoms with van der Waals surface area (Å²) in [5.74, 6) is 0.930. The molecule has 0 spiro atoms. The van der Waals surface area contributed by atoms with E-state index in [0.29, 0.717) is 4.99 Å². The third-order valence-corrected chi connectivity index (χ3v) is 3.20. The number of aromatic nitrogens is 1. The summed E-state index contributed by atoms with van der Waals surface area (Å²) in [5, 5.41) is 0. The SMILES string of the molecule is Cc1cc(C(N)=S)cc(N2C[C@@H](C)O[C@@H](C)C2)n1. The first kappa shape index (κ1) is 13.2. The van der Waals surface area contributed by atoms with Gasteiger partial charge in [0.05, 0.1) is 12.2 Å². The van der Waals surface area contributed by atoms with Gasteiger partial charge in [-0.25, -0.2) is 4.98 Å². The van der Waals surface area contributed by atoms with E-state index in [2.05, 4.69) is 23.7 Å². The van der Waals surface area contributed by atoms with E-state index in [9.17, 15) is 0 Å². The molecule has 0 saturated carbocycles. The number of aryl methyl sites for hydroxylation is 1. The summed E-state index contributed by atoms with van der Waals surface area (Å²) in [6.45, 7) is 7.80. The lowest BCUT2D eigenvalue weighted by molar-refractivity contribution is -0.00546. The number of morpholine rings is 1. The largest absolute Gasteiger partial charge is 0.389 e. The summed E-state index contributed by atoms with van der Waals surface area (Å²) in [6.07, 6.45) is 0.425. The van der Waals surface area contributed by atoms with Crippen LogP contribution in [0.3, 0.4) is 0 Å². The van der Waals surface area contributed by atoms with Crippen LogP contribution < -0.4 is 10.6 Å². The summed E-state index contributed by atoms with van der Waals surface area (Å²) in [7, 11) is 0. The summed E-state index contributed by atoms with van der Waals surface area (Å²) in [6, 6.07) is 3.87. The number of thiocarbonyl (C=S) groups is 1. The van der Waals surface area contributed by atoms with Crippen LogP contribution in [0.2, 0.25) is 0 Å². The van der Waals surface area contributed by atoms with Crippen LogP contribution in [0.15, 0.2) is 12.1 Å². The maximum absolute atomic E-state index is 5.73. The maximum Gasteiger partial charge on any atom is 0.129 e. The topological polar surface area (TPSA) is 51.4 Å². The highest BCUT2D eigenvalue weighted by molar-refractivity contribution is 7.80. The van der Waals surface area contributed by atoms with Crippen molar-refractivity contribution in [3.63, 3.8) is 0 Å². The fraction of sp³-hybridized carbons (Fsp3) is 0.538. The van der Waals surface area contributed by atoms with Gasteiger partial charge in [-0.05, 0) is 32.9 Å². The molecule has 1 saturated heterocycles. The fourth-order valence-electron chi connectivity index (χ4n) is 2.32. The van der Waals surface area contributed by atoms with Crippen molar-refractivity contribution in [2.24, 2.45) is 5.73 Å². The van der Waals surface area contributed by atoms with Crippen molar-refractivity contribution in [3.8, 4) is 0 Å². The number of hydrogen-bond donors (Lipinski definition) is 1. The number of rotatable bonds is 2. The highest BCUT2D eigenvalue weighted by atomic mass is 32.1. The van der Waals surface area contributed by atoms with Crippen molar-refractivity contribution < 1.29 is 4.74 Å².